The predicted octanol–water partition coefficient (Wildman–Crippen LogP) is 1.82. The lowest BCUT2D eigenvalue weighted by molar-refractivity contribution is 0.102. The molecule has 1 aromatic carbocycles. The van der Waals surface area contributed by atoms with Crippen LogP contribution in [0.5, 0.6) is 0 Å². The molecular weight excluding hydrogens is 186 g/mol. The highest BCUT2D eigenvalue weighted by Gasteiger charge is 2.17. The van der Waals surface area contributed by atoms with Crippen LogP contribution >= 0.6 is 0 Å². The molecule has 1 aliphatic rings. The van der Waals surface area contributed by atoms with Crippen LogP contribution in [0.1, 0.15) is 24.5 Å². The van der Waals surface area contributed by atoms with Gasteiger partial charge in [0.1, 0.15) is 0 Å². The lowest BCUT2D eigenvalue weighted by atomic mass is 9.99. The average molecular weight is 205 g/mol. The summed E-state index contributed by atoms with van der Waals surface area (Å²) in [6.45, 7) is 4.91. The molecule has 0 saturated heterocycles. The van der Waals surface area contributed by atoms with Crippen LogP contribution in [0.4, 0.5) is 0 Å². The standard InChI is InChI=1S/C13H19NO/c1-2-13(15)10-14-8-7-11-5-3-4-6-12(11)9-14/h3-6,13,15H,2,7-10H2,1H3/t13-/m0/s1. The van der Waals surface area contributed by atoms with Crippen LogP contribution in [0.25, 0.3) is 0 Å². The van der Waals surface area contributed by atoms with Gasteiger partial charge in [-0.3, -0.25) is 4.90 Å². The average Bonchev–Trinajstić information content (AvgIpc) is 2.29. The lowest BCUT2D eigenvalue weighted by Gasteiger charge is -2.30. The third-order valence-electron chi connectivity index (χ3n) is 3.15. The summed E-state index contributed by atoms with van der Waals surface area (Å²) in [6, 6.07) is 8.61. The molecule has 0 unspecified atom stereocenters. The molecule has 1 aliphatic heterocycles. The molecule has 2 nitrogen and oxygen atoms in total. The molecule has 0 bridgehead atoms. The van der Waals surface area contributed by atoms with E-state index in [1.54, 1.807) is 0 Å². The van der Waals surface area contributed by atoms with E-state index in [0.717, 1.165) is 32.5 Å². The minimum Gasteiger partial charge on any atom is -0.392 e. The summed E-state index contributed by atoms with van der Waals surface area (Å²) >= 11 is 0. The normalized spacial score (nSPS) is 18.5. The van der Waals surface area contributed by atoms with Gasteiger partial charge in [-0.15, -0.1) is 0 Å². The van der Waals surface area contributed by atoms with Gasteiger partial charge in [-0.1, -0.05) is 31.2 Å². The van der Waals surface area contributed by atoms with Crippen LogP contribution in [0.2, 0.25) is 0 Å². The van der Waals surface area contributed by atoms with E-state index in [-0.39, 0.29) is 6.10 Å². The number of rotatable bonds is 3. The molecule has 1 atom stereocenters. The predicted molar refractivity (Wildman–Crippen MR) is 61.7 cm³/mol. The van der Waals surface area contributed by atoms with Crippen LogP contribution in [-0.4, -0.2) is 29.2 Å². The summed E-state index contributed by atoms with van der Waals surface area (Å²) in [6.07, 6.45) is 1.79. The maximum absolute atomic E-state index is 9.62. The van der Waals surface area contributed by atoms with Crippen molar-refractivity contribution in [3.8, 4) is 0 Å². The Labute approximate surface area is 91.5 Å². The first kappa shape index (κ1) is 10.7. The van der Waals surface area contributed by atoms with Crippen LogP contribution < -0.4 is 0 Å². The molecule has 0 aromatic heterocycles. The fraction of sp³-hybridized carbons (Fsp3) is 0.538. The minimum absolute atomic E-state index is 0.171. The monoisotopic (exact) mass is 205 g/mol. The Balaban J connectivity index is 1.99. The zero-order valence-electron chi connectivity index (χ0n) is 9.32. The van der Waals surface area contributed by atoms with E-state index in [2.05, 4.69) is 29.2 Å². The summed E-state index contributed by atoms with van der Waals surface area (Å²) in [5.41, 5.74) is 2.90. The van der Waals surface area contributed by atoms with Gasteiger partial charge in [0, 0.05) is 19.6 Å². The van der Waals surface area contributed by atoms with Crippen LogP contribution in [-0.2, 0) is 13.0 Å². The van der Waals surface area contributed by atoms with Gasteiger partial charge in [-0.2, -0.15) is 0 Å². The van der Waals surface area contributed by atoms with Gasteiger partial charge >= 0.3 is 0 Å². The fourth-order valence-corrected chi connectivity index (χ4v) is 2.14. The Morgan fingerprint density at radius 1 is 1.33 bits per heavy atom. The van der Waals surface area contributed by atoms with E-state index in [0.29, 0.717) is 0 Å². The van der Waals surface area contributed by atoms with Gasteiger partial charge in [0.25, 0.3) is 0 Å². The molecular formula is C13H19NO. The molecule has 0 saturated carbocycles. The summed E-state index contributed by atoms with van der Waals surface area (Å²) in [4.78, 5) is 2.34. The Morgan fingerprint density at radius 2 is 2.07 bits per heavy atom. The zero-order chi connectivity index (χ0) is 10.7. The van der Waals surface area contributed by atoms with E-state index in [9.17, 15) is 5.11 Å². The van der Waals surface area contributed by atoms with E-state index >= 15 is 0 Å². The molecule has 0 aliphatic carbocycles. The van der Waals surface area contributed by atoms with Crippen molar-refractivity contribution in [3.63, 3.8) is 0 Å². The van der Waals surface area contributed by atoms with Gasteiger partial charge in [-0.05, 0) is 24.0 Å². The van der Waals surface area contributed by atoms with Gasteiger partial charge in [0.2, 0.25) is 0 Å². The largest absolute Gasteiger partial charge is 0.392 e. The quantitative estimate of drug-likeness (QED) is 0.813. The van der Waals surface area contributed by atoms with Crippen molar-refractivity contribution in [2.45, 2.75) is 32.4 Å². The van der Waals surface area contributed by atoms with Gasteiger partial charge in [-0.25, -0.2) is 0 Å². The Bertz CT molecular complexity index is 324. The first-order chi connectivity index (χ1) is 7.29. The van der Waals surface area contributed by atoms with E-state index < -0.39 is 0 Å². The first-order valence-corrected chi connectivity index (χ1v) is 5.76. The van der Waals surface area contributed by atoms with Crippen LogP contribution in [0, 0.1) is 0 Å². The van der Waals surface area contributed by atoms with E-state index in [1.807, 2.05) is 6.92 Å². The number of hydrogen-bond acceptors (Lipinski definition) is 2. The molecule has 82 valence electrons. The lowest BCUT2D eigenvalue weighted by Crippen LogP contribution is -2.36. The minimum atomic E-state index is -0.171. The molecule has 0 spiro atoms. The number of aliphatic hydroxyl groups is 1. The third kappa shape index (κ3) is 2.58. The van der Waals surface area contributed by atoms with Crippen molar-refractivity contribution in [1.82, 2.24) is 4.90 Å². The molecule has 1 N–H and O–H groups in total. The molecule has 1 heterocycles. The number of fused-ring (bicyclic) bond motifs is 1. The van der Waals surface area contributed by atoms with Gasteiger partial charge in [0.05, 0.1) is 6.10 Å². The van der Waals surface area contributed by atoms with Crippen molar-refractivity contribution in [1.29, 1.82) is 0 Å². The van der Waals surface area contributed by atoms with Crippen LogP contribution in [0.3, 0.4) is 0 Å². The van der Waals surface area contributed by atoms with Crippen molar-refractivity contribution >= 4 is 0 Å². The number of benzene rings is 1. The highest BCUT2D eigenvalue weighted by Crippen LogP contribution is 2.18. The summed E-state index contributed by atoms with van der Waals surface area (Å²) in [5.74, 6) is 0. The highest BCUT2D eigenvalue weighted by molar-refractivity contribution is 5.29. The zero-order valence-corrected chi connectivity index (χ0v) is 9.32. The Morgan fingerprint density at radius 3 is 2.80 bits per heavy atom. The number of aliphatic hydroxyl groups excluding tert-OH is 1. The maximum Gasteiger partial charge on any atom is 0.0664 e. The van der Waals surface area contributed by atoms with Crippen molar-refractivity contribution in [3.05, 3.63) is 35.4 Å². The third-order valence-corrected chi connectivity index (χ3v) is 3.15. The molecule has 2 heteroatoms. The maximum atomic E-state index is 9.62. The smallest absolute Gasteiger partial charge is 0.0664 e. The fourth-order valence-electron chi connectivity index (χ4n) is 2.14. The van der Waals surface area contributed by atoms with Crippen molar-refractivity contribution < 1.29 is 5.11 Å². The van der Waals surface area contributed by atoms with Crippen molar-refractivity contribution in [2.75, 3.05) is 13.1 Å². The molecule has 15 heavy (non-hydrogen) atoms. The van der Waals surface area contributed by atoms with E-state index in [1.165, 1.54) is 11.1 Å². The van der Waals surface area contributed by atoms with Gasteiger partial charge < -0.3 is 5.11 Å². The SMILES string of the molecule is CC[C@H](O)CN1CCc2ccccc2C1. The second-order valence-corrected chi connectivity index (χ2v) is 4.32. The topological polar surface area (TPSA) is 23.5 Å². The Kier molecular flexibility index (Phi) is 3.39. The summed E-state index contributed by atoms with van der Waals surface area (Å²) in [7, 11) is 0. The number of hydrogen-bond donors (Lipinski definition) is 1. The van der Waals surface area contributed by atoms with E-state index in [4.69, 9.17) is 0 Å². The highest BCUT2D eigenvalue weighted by atomic mass is 16.3. The first-order valence-electron chi connectivity index (χ1n) is 5.76. The summed E-state index contributed by atoms with van der Waals surface area (Å²) in [5, 5.41) is 9.62. The van der Waals surface area contributed by atoms with Crippen LogP contribution in [0.15, 0.2) is 24.3 Å². The Hall–Kier alpha value is -0.860. The summed E-state index contributed by atoms with van der Waals surface area (Å²) < 4.78 is 0. The molecule has 0 radical (unpaired) electrons. The second kappa shape index (κ2) is 4.77. The number of β-amino-alcohol motifs (C(OH)–C–C–N with tert-alkyl or cyclic N) is 1. The molecule has 1 aromatic rings. The number of nitrogens with zero attached hydrogens (tertiary/aromatic N) is 1. The molecule has 0 fully saturated rings. The second-order valence-electron chi connectivity index (χ2n) is 4.32. The molecule has 2 rings (SSSR count). The van der Waals surface area contributed by atoms with Gasteiger partial charge in [0.15, 0.2) is 0 Å². The van der Waals surface area contributed by atoms with Crippen molar-refractivity contribution in [2.24, 2.45) is 0 Å². The molecule has 0 amide bonds.